The number of rotatable bonds is 3. The molecule has 1 N–H and O–H groups in total. The van der Waals surface area contributed by atoms with Crippen molar-refractivity contribution in [2.75, 3.05) is 0 Å². The molecule has 2 heterocycles. The van der Waals surface area contributed by atoms with Crippen molar-refractivity contribution in [3.05, 3.63) is 52.7 Å². The number of halogens is 2. The van der Waals surface area contributed by atoms with Crippen molar-refractivity contribution in [1.29, 1.82) is 0 Å². The molecule has 0 aliphatic heterocycles. The van der Waals surface area contributed by atoms with Crippen LogP contribution in [-0.4, -0.2) is 25.3 Å². The molecule has 0 spiro atoms. The molecular formula is C16H15Cl2N3O3. The number of benzene rings is 1. The van der Waals surface area contributed by atoms with E-state index < -0.39 is 0 Å². The first-order valence-corrected chi connectivity index (χ1v) is 7.81. The van der Waals surface area contributed by atoms with E-state index in [0.29, 0.717) is 17.9 Å². The molecule has 8 heteroatoms. The Labute approximate surface area is 148 Å². The molecule has 0 radical (unpaired) electrons. The first-order valence-electron chi connectivity index (χ1n) is 7.09. The summed E-state index contributed by atoms with van der Waals surface area (Å²) in [6, 6.07) is 11.0. The fourth-order valence-corrected chi connectivity index (χ4v) is 2.36. The molecule has 24 heavy (non-hydrogen) atoms. The van der Waals surface area contributed by atoms with Gasteiger partial charge in [-0.05, 0) is 6.92 Å². The third kappa shape index (κ3) is 4.15. The standard InChI is InChI=1S/C9H10O.C7H5Cl2N3O2/c1-2-9(10)8-6-4-3-5-7-8;1-3-2-4(14-11-3)6-5(8)7(13)10-12(6)9/h3-7H,2H2,1H3;2H,1H3,(H,10,13). The summed E-state index contributed by atoms with van der Waals surface area (Å²) >= 11 is 11.4. The SMILES string of the molecule is CCC(=O)c1ccccc1.Cc1cc(-c2c(Cl)c(O)nn2Cl)on1. The number of aromatic hydroxyl groups is 1. The highest BCUT2D eigenvalue weighted by Gasteiger charge is 2.19. The fourth-order valence-electron chi connectivity index (χ4n) is 1.87. The Balaban J connectivity index is 0.000000185. The van der Waals surface area contributed by atoms with Crippen LogP contribution >= 0.6 is 23.4 Å². The second kappa shape index (κ2) is 7.99. The van der Waals surface area contributed by atoms with Gasteiger partial charge in [0.25, 0.3) is 5.88 Å². The van der Waals surface area contributed by atoms with Gasteiger partial charge in [0, 0.05) is 29.8 Å². The summed E-state index contributed by atoms with van der Waals surface area (Å²) in [4.78, 5) is 11.0. The first kappa shape index (κ1) is 18.0. The Kier molecular flexibility index (Phi) is 6.00. The van der Waals surface area contributed by atoms with E-state index in [1.807, 2.05) is 37.3 Å². The molecule has 0 amide bonds. The minimum absolute atomic E-state index is 0.0381. The Morgan fingerprint density at radius 3 is 2.46 bits per heavy atom. The Bertz CT molecular complexity index is 828. The van der Waals surface area contributed by atoms with E-state index in [2.05, 4.69) is 10.3 Å². The molecule has 0 saturated carbocycles. The number of aromatic nitrogens is 3. The smallest absolute Gasteiger partial charge is 0.251 e. The van der Waals surface area contributed by atoms with Crippen LogP contribution in [0, 0.1) is 6.92 Å². The molecule has 0 aliphatic rings. The number of carbonyl (C=O) groups excluding carboxylic acids is 1. The van der Waals surface area contributed by atoms with Crippen molar-refractivity contribution in [1.82, 2.24) is 14.5 Å². The minimum Gasteiger partial charge on any atom is -0.491 e. The number of Topliss-reactive ketones (excluding diaryl/α,β-unsaturated/α-hetero) is 1. The molecule has 2 aromatic heterocycles. The normalized spacial score (nSPS) is 10.2. The maximum atomic E-state index is 11.0. The van der Waals surface area contributed by atoms with Crippen molar-refractivity contribution in [2.24, 2.45) is 0 Å². The first-order chi connectivity index (χ1) is 11.4. The molecule has 6 nitrogen and oxygen atoms in total. The number of hydrogen-bond acceptors (Lipinski definition) is 5. The number of hydrogen-bond donors (Lipinski definition) is 1. The van der Waals surface area contributed by atoms with Crippen molar-refractivity contribution in [3.8, 4) is 17.3 Å². The van der Waals surface area contributed by atoms with Crippen LogP contribution in [0.5, 0.6) is 5.88 Å². The highest BCUT2D eigenvalue weighted by atomic mass is 35.5. The van der Waals surface area contributed by atoms with Crippen molar-refractivity contribution >= 4 is 29.2 Å². The summed E-state index contributed by atoms with van der Waals surface area (Å²) in [5.41, 5.74) is 1.78. The number of aryl methyl sites for hydroxylation is 1. The van der Waals surface area contributed by atoms with E-state index in [1.165, 1.54) is 0 Å². The van der Waals surface area contributed by atoms with Crippen molar-refractivity contribution in [2.45, 2.75) is 20.3 Å². The summed E-state index contributed by atoms with van der Waals surface area (Å²) < 4.78 is 5.85. The van der Waals surface area contributed by atoms with E-state index in [0.717, 1.165) is 9.76 Å². The number of carbonyl (C=O) groups is 1. The van der Waals surface area contributed by atoms with E-state index in [9.17, 15) is 9.90 Å². The molecular weight excluding hydrogens is 353 g/mol. The summed E-state index contributed by atoms with van der Waals surface area (Å²) in [6.07, 6.45) is 0.587. The fraction of sp³-hybridized carbons (Fsp3) is 0.188. The van der Waals surface area contributed by atoms with Crippen LogP contribution in [0.2, 0.25) is 5.02 Å². The van der Waals surface area contributed by atoms with Gasteiger partial charge in [0.05, 0.1) is 5.69 Å². The van der Waals surface area contributed by atoms with Gasteiger partial charge in [-0.2, -0.15) is 4.20 Å². The number of nitrogens with zero attached hydrogens (tertiary/aromatic N) is 3. The average molecular weight is 368 g/mol. The van der Waals surface area contributed by atoms with Crippen LogP contribution in [0.25, 0.3) is 11.5 Å². The molecule has 0 saturated heterocycles. The third-order valence-corrected chi connectivity index (χ3v) is 3.64. The van der Waals surface area contributed by atoms with Crippen molar-refractivity contribution in [3.63, 3.8) is 0 Å². The van der Waals surface area contributed by atoms with Crippen LogP contribution < -0.4 is 0 Å². The molecule has 0 bridgehead atoms. The Hall–Kier alpha value is -2.31. The third-order valence-electron chi connectivity index (χ3n) is 3.05. The predicted octanol–water partition coefficient (Wildman–Crippen LogP) is 4.49. The monoisotopic (exact) mass is 367 g/mol. The molecule has 1 aromatic carbocycles. The van der Waals surface area contributed by atoms with Crippen LogP contribution in [0.3, 0.4) is 0 Å². The summed E-state index contributed by atoms with van der Waals surface area (Å²) in [6.45, 7) is 3.63. The molecule has 3 rings (SSSR count). The second-order valence-electron chi connectivity index (χ2n) is 4.82. The van der Waals surface area contributed by atoms with Gasteiger partial charge in [0.1, 0.15) is 10.7 Å². The van der Waals surface area contributed by atoms with Crippen LogP contribution in [0.1, 0.15) is 29.4 Å². The molecule has 0 aliphatic carbocycles. The topological polar surface area (TPSA) is 81.1 Å². The largest absolute Gasteiger partial charge is 0.491 e. The molecule has 0 fully saturated rings. The molecule has 126 valence electrons. The van der Waals surface area contributed by atoms with Crippen LogP contribution in [-0.2, 0) is 0 Å². The lowest BCUT2D eigenvalue weighted by Gasteiger charge is -1.93. The lowest BCUT2D eigenvalue weighted by Crippen LogP contribution is -1.94. The number of ketones is 1. The predicted molar refractivity (Wildman–Crippen MR) is 91.5 cm³/mol. The Morgan fingerprint density at radius 2 is 2.00 bits per heavy atom. The van der Waals surface area contributed by atoms with E-state index in [1.54, 1.807) is 13.0 Å². The highest BCUT2D eigenvalue weighted by Crippen LogP contribution is 2.35. The van der Waals surface area contributed by atoms with Gasteiger partial charge in [-0.15, -0.1) is 5.10 Å². The van der Waals surface area contributed by atoms with Crippen LogP contribution in [0.15, 0.2) is 40.9 Å². The zero-order chi connectivity index (χ0) is 17.7. The van der Waals surface area contributed by atoms with Gasteiger partial charge in [-0.1, -0.05) is 54.0 Å². The lowest BCUT2D eigenvalue weighted by molar-refractivity contribution is 0.0988. The van der Waals surface area contributed by atoms with Crippen molar-refractivity contribution < 1.29 is 14.4 Å². The highest BCUT2D eigenvalue weighted by molar-refractivity contribution is 6.35. The summed E-state index contributed by atoms with van der Waals surface area (Å²) in [5, 5.41) is 16.4. The van der Waals surface area contributed by atoms with Gasteiger partial charge in [-0.3, -0.25) is 4.79 Å². The maximum absolute atomic E-state index is 11.0. The summed E-state index contributed by atoms with van der Waals surface area (Å²) in [5.74, 6) is 0.224. The van der Waals surface area contributed by atoms with Gasteiger partial charge >= 0.3 is 0 Å². The van der Waals surface area contributed by atoms with Gasteiger partial charge < -0.3 is 9.63 Å². The molecule has 0 unspecified atom stereocenters. The molecule has 0 atom stereocenters. The zero-order valence-corrected chi connectivity index (χ0v) is 14.5. The van der Waals surface area contributed by atoms with E-state index in [-0.39, 0.29) is 22.4 Å². The Morgan fingerprint density at radius 1 is 1.33 bits per heavy atom. The zero-order valence-electron chi connectivity index (χ0n) is 13.0. The van der Waals surface area contributed by atoms with Gasteiger partial charge in [0.2, 0.25) is 0 Å². The summed E-state index contributed by atoms with van der Waals surface area (Å²) in [7, 11) is 0. The molecule has 3 aromatic rings. The van der Waals surface area contributed by atoms with E-state index in [4.69, 9.17) is 27.9 Å². The maximum Gasteiger partial charge on any atom is 0.251 e. The average Bonchev–Trinajstić information content (AvgIpc) is 3.11. The lowest BCUT2D eigenvalue weighted by atomic mass is 10.1. The van der Waals surface area contributed by atoms with Gasteiger partial charge in [-0.25, -0.2) is 0 Å². The van der Waals surface area contributed by atoms with E-state index >= 15 is 0 Å². The minimum atomic E-state index is -0.342. The quantitative estimate of drug-likeness (QED) is 0.689. The van der Waals surface area contributed by atoms with Crippen LogP contribution in [0.4, 0.5) is 0 Å². The second-order valence-corrected chi connectivity index (χ2v) is 5.52. The van der Waals surface area contributed by atoms with Gasteiger partial charge in [0.15, 0.2) is 11.5 Å².